The maximum Gasteiger partial charge on any atom is 0.128 e. The van der Waals surface area contributed by atoms with Crippen LogP contribution in [0.25, 0.3) is 0 Å². The maximum atomic E-state index is 14.1. The minimum absolute atomic E-state index is 0.0235. The number of benzene rings is 1. The fourth-order valence-electron chi connectivity index (χ4n) is 3.17. The molecule has 1 aromatic carbocycles. The highest BCUT2D eigenvalue weighted by Gasteiger charge is 2.32. The number of methoxy groups -OCH3 is 1. The van der Waals surface area contributed by atoms with Crippen LogP contribution < -0.4 is 5.32 Å². The highest BCUT2D eigenvalue weighted by molar-refractivity contribution is 5.21. The van der Waals surface area contributed by atoms with E-state index in [1.807, 2.05) is 12.1 Å². The summed E-state index contributed by atoms with van der Waals surface area (Å²) in [5.74, 6) is -0.130. The number of hydrogen-bond acceptors (Lipinski definition) is 3. The molecule has 0 bridgehead atoms. The molecule has 1 heterocycles. The zero-order valence-corrected chi connectivity index (χ0v) is 13.4. The zero-order valence-electron chi connectivity index (χ0n) is 13.4. The van der Waals surface area contributed by atoms with E-state index < -0.39 is 0 Å². The molecule has 1 saturated heterocycles. The molecular formula is C17H27FN2O. The Bertz CT molecular complexity index is 454. The maximum absolute atomic E-state index is 14.1. The van der Waals surface area contributed by atoms with Crippen LogP contribution in [0, 0.1) is 5.82 Å². The average Bonchev–Trinajstić information content (AvgIpc) is 2.48. The minimum atomic E-state index is -0.130. The Hall–Kier alpha value is -0.970. The first-order chi connectivity index (χ1) is 10.1. The molecule has 21 heavy (non-hydrogen) atoms. The first kappa shape index (κ1) is 16.4. The van der Waals surface area contributed by atoms with Gasteiger partial charge in [0.05, 0.1) is 5.60 Å². The van der Waals surface area contributed by atoms with Gasteiger partial charge in [0.2, 0.25) is 0 Å². The highest BCUT2D eigenvalue weighted by Crippen LogP contribution is 2.26. The van der Waals surface area contributed by atoms with Crippen molar-refractivity contribution in [1.82, 2.24) is 10.2 Å². The van der Waals surface area contributed by atoms with Crippen molar-refractivity contribution in [2.75, 3.05) is 33.3 Å². The molecular weight excluding hydrogens is 267 g/mol. The fourth-order valence-corrected chi connectivity index (χ4v) is 3.17. The van der Waals surface area contributed by atoms with Crippen LogP contribution in [0.15, 0.2) is 24.3 Å². The molecule has 0 aliphatic carbocycles. The van der Waals surface area contributed by atoms with Crippen LogP contribution in [-0.2, 0) is 4.74 Å². The second-order valence-corrected chi connectivity index (χ2v) is 6.12. The highest BCUT2D eigenvalue weighted by atomic mass is 19.1. The third-order valence-corrected chi connectivity index (χ3v) is 4.40. The summed E-state index contributed by atoms with van der Waals surface area (Å²) in [6.45, 7) is 7.81. The van der Waals surface area contributed by atoms with E-state index in [1.54, 1.807) is 13.2 Å². The molecule has 0 saturated carbocycles. The quantitative estimate of drug-likeness (QED) is 0.873. The van der Waals surface area contributed by atoms with E-state index >= 15 is 0 Å². The van der Waals surface area contributed by atoms with Crippen molar-refractivity contribution in [2.24, 2.45) is 0 Å². The lowest BCUT2D eigenvalue weighted by Crippen LogP contribution is -2.49. The van der Waals surface area contributed by atoms with Crippen LogP contribution in [0.2, 0.25) is 0 Å². The van der Waals surface area contributed by atoms with Crippen LogP contribution in [0.1, 0.15) is 38.3 Å². The van der Waals surface area contributed by atoms with E-state index in [-0.39, 0.29) is 17.5 Å². The number of piperidine rings is 1. The van der Waals surface area contributed by atoms with Crippen molar-refractivity contribution >= 4 is 0 Å². The topological polar surface area (TPSA) is 24.5 Å². The lowest BCUT2D eigenvalue weighted by molar-refractivity contribution is -0.0524. The van der Waals surface area contributed by atoms with Crippen LogP contribution >= 0.6 is 0 Å². The Labute approximate surface area is 127 Å². The molecule has 118 valence electrons. The van der Waals surface area contributed by atoms with Gasteiger partial charge in [0.15, 0.2) is 0 Å². The second-order valence-electron chi connectivity index (χ2n) is 6.12. The van der Waals surface area contributed by atoms with Gasteiger partial charge in [0, 0.05) is 31.8 Å². The van der Waals surface area contributed by atoms with Gasteiger partial charge in [0.1, 0.15) is 5.82 Å². The summed E-state index contributed by atoms with van der Waals surface area (Å²) >= 11 is 0. The van der Waals surface area contributed by atoms with Crippen molar-refractivity contribution in [3.63, 3.8) is 0 Å². The Morgan fingerprint density at radius 2 is 2.19 bits per heavy atom. The first-order valence-electron chi connectivity index (χ1n) is 7.83. The van der Waals surface area contributed by atoms with Crippen molar-refractivity contribution in [1.29, 1.82) is 0 Å². The van der Waals surface area contributed by atoms with Gasteiger partial charge in [-0.15, -0.1) is 0 Å². The van der Waals surface area contributed by atoms with Gasteiger partial charge in [-0.3, -0.25) is 4.90 Å². The van der Waals surface area contributed by atoms with Crippen molar-refractivity contribution in [2.45, 2.75) is 38.3 Å². The number of ether oxygens (including phenoxy) is 1. The number of likely N-dealkylation sites (tertiary alicyclic amines) is 1. The molecule has 1 aliphatic heterocycles. The predicted molar refractivity (Wildman–Crippen MR) is 83.9 cm³/mol. The van der Waals surface area contributed by atoms with E-state index in [1.165, 1.54) is 6.07 Å². The van der Waals surface area contributed by atoms with Crippen molar-refractivity contribution in [3.8, 4) is 0 Å². The molecule has 4 heteroatoms. The summed E-state index contributed by atoms with van der Waals surface area (Å²) in [6.07, 6.45) is 2.21. The molecule has 0 aromatic heterocycles. The summed E-state index contributed by atoms with van der Waals surface area (Å²) in [6, 6.07) is 7.08. The lowest BCUT2D eigenvalue weighted by atomic mass is 9.94. The van der Waals surface area contributed by atoms with Gasteiger partial charge >= 0.3 is 0 Å². The van der Waals surface area contributed by atoms with E-state index in [0.29, 0.717) is 0 Å². The summed E-state index contributed by atoms with van der Waals surface area (Å²) in [4.78, 5) is 2.38. The number of likely N-dealkylation sites (N-methyl/N-ethyl adjacent to an activating group) is 1. The number of rotatable bonds is 6. The van der Waals surface area contributed by atoms with Gasteiger partial charge in [-0.05, 0) is 38.9 Å². The molecule has 1 aromatic rings. The smallest absolute Gasteiger partial charge is 0.128 e. The lowest BCUT2D eigenvalue weighted by Gasteiger charge is -2.41. The summed E-state index contributed by atoms with van der Waals surface area (Å²) in [5.41, 5.74) is 0.675. The summed E-state index contributed by atoms with van der Waals surface area (Å²) < 4.78 is 19.7. The van der Waals surface area contributed by atoms with Gasteiger partial charge in [-0.25, -0.2) is 4.39 Å². The Kier molecular flexibility index (Phi) is 5.73. The molecule has 2 atom stereocenters. The molecule has 1 aliphatic rings. The normalized spacial score (nSPS) is 25.0. The standard InChI is InChI=1S/C17H27FN2O/c1-4-19-16(14-8-5-6-9-15(14)18)12-20-11-7-10-17(2,13-20)21-3/h5-6,8-9,16,19H,4,7,10-13H2,1-3H3. The Balaban J connectivity index is 2.08. The molecule has 2 rings (SSSR count). The number of halogens is 1. The Morgan fingerprint density at radius 1 is 1.43 bits per heavy atom. The zero-order chi connectivity index (χ0) is 15.3. The third kappa shape index (κ3) is 4.25. The summed E-state index contributed by atoms with van der Waals surface area (Å²) in [5, 5.41) is 3.41. The minimum Gasteiger partial charge on any atom is -0.377 e. The molecule has 2 unspecified atom stereocenters. The van der Waals surface area contributed by atoms with E-state index in [0.717, 1.165) is 44.6 Å². The van der Waals surface area contributed by atoms with Crippen LogP contribution in [0.5, 0.6) is 0 Å². The number of nitrogens with zero attached hydrogens (tertiary/aromatic N) is 1. The van der Waals surface area contributed by atoms with E-state index in [9.17, 15) is 4.39 Å². The second kappa shape index (κ2) is 7.34. The number of hydrogen-bond donors (Lipinski definition) is 1. The molecule has 1 fully saturated rings. The molecule has 1 N–H and O–H groups in total. The van der Waals surface area contributed by atoms with Crippen molar-refractivity contribution < 1.29 is 9.13 Å². The van der Waals surface area contributed by atoms with Crippen LogP contribution in [0.3, 0.4) is 0 Å². The molecule has 0 amide bonds. The van der Waals surface area contributed by atoms with Gasteiger partial charge < -0.3 is 10.1 Å². The molecule has 3 nitrogen and oxygen atoms in total. The van der Waals surface area contributed by atoms with Crippen LogP contribution in [0.4, 0.5) is 4.39 Å². The third-order valence-electron chi connectivity index (χ3n) is 4.40. The van der Waals surface area contributed by atoms with Crippen molar-refractivity contribution in [3.05, 3.63) is 35.6 Å². The Morgan fingerprint density at radius 3 is 2.86 bits per heavy atom. The predicted octanol–water partition coefficient (Wildman–Crippen LogP) is 2.98. The first-order valence-corrected chi connectivity index (χ1v) is 7.83. The summed E-state index contributed by atoms with van der Waals surface area (Å²) in [7, 11) is 1.78. The van der Waals surface area contributed by atoms with Gasteiger partial charge in [0.25, 0.3) is 0 Å². The SMILES string of the molecule is CCNC(CN1CCCC(C)(OC)C1)c1ccccc1F. The fraction of sp³-hybridized carbons (Fsp3) is 0.647. The van der Waals surface area contributed by atoms with E-state index in [2.05, 4.69) is 24.1 Å². The largest absolute Gasteiger partial charge is 0.377 e. The van der Waals surface area contributed by atoms with Crippen LogP contribution in [-0.4, -0.2) is 43.8 Å². The molecule has 0 spiro atoms. The number of nitrogens with one attached hydrogen (secondary N) is 1. The monoisotopic (exact) mass is 294 g/mol. The van der Waals surface area contributed by atoms with Gasteiger partial charge in [-0.1, -0.05) is 25.1 Å². The van der Waals surface area contributed by atoms with E-state index in [4.69, 9.17) is 4.74 Å². The van der Waals surface area contributed by atoms with Gasteiger partial charge in [-0.2, -0.15) is 0 Å². The average molecular weight is 294 g/mol. The molecule has 0 radical (unpaired) electrons.